The van der Waals surface area contributed by atoms with Gasteiger partial charge >= 0.3 is 0 Å². The van der Waals surface area contributed by atoms with Crippen molar-refractivity contribution in [3.8, 4) is 11.8 Å². The number of nitrogens with one attached hydrogen (secondary N) is 1. The van der Waals surface area contributed by atoms with Crippen molar-refractivity contribution in [2.75, 3.05) is 11.9 Å². The number of aromatic nitrogens is 1. The average Bonchev–Trinajstić information content (AvgIpc) is 2.72. The molecule has 1 aliphatic rings. The number of ether oxygens (including phenoxy) is 1. The first-order chi connectivity index (χ1) is 14.0. The first-order valence-electron chi connectivity index (χ1n) is 10.2. The zero-order valence-corrected chi connectivity index (χ0v) is 18.0. The number of benzene rings is 1. The summed E-state index contributed by atoms with van der Waals surface area (Å²) in [6.07, 6.45) is 3.64. The Morgan fingerprint density at radius 2 is 2.21 bits per heavy atom. The molecule has 1 aromatic heterocycles. The van der Waals surface area contributed by atoms with E-state index in [0.29, 0.717) is 41.0 Å². The van der Waals surface area contributed by atoms with Crippen molar-refractivity contribution in [3.63, 3.8) is 0 Å². The molecule has 1 N–H and O–H groups in total. The van der Waals surface area contributed by atoms with Crippen molar-refractivity contribution >= 4 is 23.4 Å². The van der Waals surface area contributed by atoms with Crippen LogP contribution in [0.4, 0.5) is 5.69 Å². The van der Waals surface area contributed by atoms with Crippen molar-refractivity contribution in [3.05, 3.63) is 47.2 Å². The summed E-state index contributed by atoms with van der Waals surface area (Å²) >= 11 is 1.37. The highest BCUT2D eigenvalue weighted by atomic mass is 32.2. The minimum absolute atomic E-state index is 0.110. The van der Waals surface area contributed by atoms with Crippen molar-refractivity contribution in [2.45, 2.75) is 56.7 Å². The fourth-order valence-electron chi connectivity index (χ4n) is 3.52. The number of fused-ring (bicyclic) bond motifs is 1. The molecule has 2 atom stereocenters. The number of nitrogens with zero attached hydrogens (tertiary/aromatic N) is 2. The Kier molecular flexibility index (Phi) is 7.16. The van der Waals surface area contributed by atoms with Crippen molar-refractivity contribution in [2.24, 2.45) is 5.92 Å². The molecular formula is C23H27N3O2S. The number of thioether (sulfide) groups is 1. The van der Waals surface area contributed by atoms with Gasteiger partial charge in [-0.15, -0.1) is 0 Å². The fourth-order valence-corrected chi connectivity index (χ4v) is 4.52. The summed E-state index contributed by atoms with van der Waals surface area (Å²) in [7, 11) is 0. The highest BCUT2D eigenvalue weighted by molar-refractivity contribution is 8.00. The highest BCUT2D eigenvalue weighted by Gasteiger charge is 2.24. The normalized spacial score (nSPS) is 16.4. The summed E-state index contributed by atoms with van der Waals surface area (Å²) in [5.41, 5.74) is 3.46. The lowest BCUT2D eigenvalue weighted by Gasteiger charge is -2.22. The summed E-state index contributed by atoms with van der Waals surface area (Å²) in [4.78, 5) is 17.7. The monoisotopic (exact) mass is 409 g/mol. The molecule has 5 nitrogen and oxygen atoms in total. The molecule has 1 aliphatic carbocycles. The van der Waals surface area contributed by atoms with Crippen LogP contribution in [0.25, 0.3) is 0 Å². The lowest BCUT2D eigenvalue weighted by molar-refractivity contribution is -0.115. The number of hydrogen-bond donors (Lipinski definition) is 1. The lowest BCUT2D eigenvalue weighted by Crippen LogP contribution is -2.25. The van der Waals surface area contributed by atoms with E-state index in [2.05, 4.69) is 18.3 Å². The van der Waals surface area contributed by atoms with Crippen LogP contribution in [-0.2, 0) is 17.6 Å². The van der Waals surface area contributed by atoms with Crippen LogP contribution in [0.3, 0.4) is 0 Å². The van der Waals surface area contributed by atoms with Crippen LogP contribution in [0.5, 0.6) is 5.75 Å². The molecule has 152 valence electrons. The maximum absolute atomic E-state index is 12.9. The minimum Gasteiger partial charge on any atom is -0.492 e. The molecule has 0 radical (unpaired) electrons. The van der Waals surface area contributed by atoms with Gasteiger partial charge in [-0.25, -0.2) is 4.98 Å². The second kappa shape index (κ2) is 9.80. The summed E-state index contributed by atoms with van der Waals surface area (Å²) in [6, 6.07) is 11.7. The molecule has 29 heavy (non-hydrogen) atoms. The summed E-state index contributed by atoms with van der Waals surface area (Å²) in [5, 5.41) is 12.9. The van der Waals surface area contributed by atoms with Crippen LogP contribution in [-0.4, -0.2) is 22.7 Å². The molecule has 3 rings (SSSR count). The first-order valence-corrected chi connectivity index (χ1v) is 11.1. The minimum atomic E-state index is -0.343. The van der Waals surface area contributed by atoms with Crippen LogP contribution in [0.15, 0.2) is 35.4 Å². The third-order valence-corrected chi connectivity index (χ3v) is 6.45. The van der Waals surface area contributed by atoms with Crippen LogP contribution in [0, 0.1) is 17.2 Å². The lowest BCUT2D eigenvalue weighted by atomic mass is 9.87. The van der Waals surface area contributed by atoms with Gasteiger partial charge in [-0.05, 0) is 62.3 Å². The van der Waals surface area contributed by atoms with E-state index < -0.39 is 0 Å². The van der Waals surface area contributed by atoms with Gasteiger partial charge in [0.05, 0.1) is 23.1 Å². The molecule has 2 unspecified atom stereocenters. The van der Waals surface area contributed by atoms with Gasteiger partial charge in [-0.1, -0.05) is 37.7 Å². The molecule has 6 heteroatoms. The second-order valence-electron chi connectivity index (χ2n) is 7.34. The van der Waals surface area contributed by atoms with E-state index in [4.69, 9.17) is 9.72 Å². The average molecular weight is 410 g/mol. The number of carbonyl (C=O) groups excluding carboxylic acids is 1. The Bertz CT molecular complexity index is 923. The number of amides is 1. The van der Waals surface area contributed by atoms with Crippen LogP contribution in [0.2, 0.25) is 0 Å². The number of pyridine rings is 1. The van der Waals surface area contributed by atoms with Crippen molar-refractivity contribution in [1.29, 1.82) is 5.26 Å². The Balaban J connectivity index is 1.79. The molecule has 1 amide bonds. The summed E-state index contributed by atoms with van der Waals surface area (Å²) in [6.45, 7) is 6.64. The Morgan fingerprint density at radius 1 is 1.41 bits per heavy atom. The van der Waals surface area contributed by atoms with E-state index in [1.807, 2.05) is 44.2 Å². The van der Waals surface area contributed by atoms with E-state index in [0.717, 1.165) is 25.0 Å². The van der Waals surface area contributed by atoms with E-state index in [-0.39, 0.29) is 11.2 Å². The SMILES string of the molecule is CCOc1ccccc1NC(=O)C(CC)Sc1nc2c(cc1C#N)CC(C)CC2. The van der Waals surface area contributed by atoms with Crippen LogP contribution in [0.1, 0.15) is 50.4 Å². The first kappa shape index (κ1) is 21.2. The van der Waals surface area contributed by atoms with E-state index >= 15 is 0 Å². The molecule has 1 heterocycles. The standard InChI is InChI=1S/C23H27N3O2S/c1-4-21(22(27)25-19-8-6-7-9-20(19)28-5-2)29-23-17(14-24)13-16-12-15(3)10-11-18(16)26-23/h6-9,13,15,21H,4-5,10-12H2,1-3H3,(H,25,27). The zero-order valence-electron chi connectivity index (χ0n) is 17.2. The van der Waals surface area contributed by atoms with E-state index in [1.54, 1.807) is 0 Å². The van der Waals surface area contributed by atoms with Crippen molar-refractivity contribution in [1.82, 2.24) is 4.98 Å². The number of aryl methyl sites for hydroxylation is 1. The van der Waals surface area contributed by atoms with Crippen LogP contribution >= 0.6 is 11.8 Å². The molecule has 2 aromatic rings. The van der Waals surface area contributed by atoms with Gasteiger partial charge < -0.3 is 10.1 Å². The van der Waals surface area contributed by atoms with E-state index in [9.17, 15) is 10.1 Å². The molecule has 0 saturated heterocycles. The number of nitriles is 1. The molecule has 1 aromatic carbocycles. The molecule has 0 spiro atoms. The smallest absolute Gasteiger partial charge is 0.238 e. The predicted molar refractivity (Wildman–Crippen MR) is 116 cm³/mol. The van der Waals surface area contributed by atoms with Gasteiger partial charge in [-0.3, -0.25) is 4.79 Å². The van der Waals surface area contributed by atoms with E-state index in [1.165, 1.54) is 17.3 Å². The molecule has 0 bridgehead atoms. The number of hydrogen-bond acceptors (Lipinski definition) is 5. The van der Waals surface area contributed by atoms with Gasteiger partial charge in [0.25, 0.3) is 0 Å². The number of rotatable bonds is 7. The molecule has 0 aliphatic heterocycles. The largest absolute Gasteiger partial charge is 0.492 e. The maximum Gasteiger partial charge on any atom is 0.238 e. The Hall–Kier alpha value is -2.52. The third kappa shape index (κ3) is 5.10. The van der Waals surface area contributed by atoms with Gasteiger partial charge in [0, 0.05) is 5.69 Å². The molecular weight excluding hydrogens is 382 g/mol. The number of para-hydroxylation sites is 2. The summed E-state index contributed by atoms with van der Waals surface area (Å²) in [5.74, 6) is 1.16. The number of carbonyl (C=O) groups is 1. The van der Waals surface area contributed by atoms with Gasteiger partial charge in [-0.2, -0.15) is 5.26 Å². The van der Waals surface area contributed by atoms with Gasteiger partial charge in [0.2, 0.25) is 5.91 Å². The fraction of sp³-hybridized carbons (Fsp3) is 0.435. The topological polar surface area (TPSA) is 75.0 Å². The Morgan fingerprint density at radius 3 is 2.93 bits per heavy atom. The molecule has 0 saturated carbocycles. The van der Waals surface area contributed by atoms with Gasteiger partial charge in [0.1, 0.15) is 16.8 Å². The number of anilines is 1. The quantitative estimate of drug-likeness (QED) is 0.652. The zero-order chi connectivity index (χ0) is 20.8. The van der Waals surface area contributed by atoms with Crippen molar-refractivity contribution < 1.29 is 9.53 Å². The molecule has 0 fully saturated rings. The maximum atomic E-state index is 12.9. The summed E-state index contributed by atoms with van der Waals surface area (Å²) < 4.78 is 5.60. The Labute approximate surface area is 176 Å². The second-order valence-corrected chi connectivity index (χ2v) is 8.53. The predicted octanol–water partition coefficient (Wildman–Crippen LogP) is 4.99. The van der Waals surface area contributed by atoms with Gasteiger partial charge in [0.15, 0.2) is 0 Å². The van der Waals surface area contributed by atoms with Crippen LogP contribution < -0.4 is 10.1 Å². The highest BCUT2D eigenvalue weighted by Crippen LogP contribution is 2.33. The third-order valence-electron chi connectivity index (χ3n) is 5.08.